The van der Waals surface area contributed by atoms with Crippen molar-refractivity contribution in [3.8, 4) is 0 Å². The Morgan fingerprint density at radius 1 is 0.833 bits per heavy atom. The van der Waals surface area contributed by atoms with Crippen LogP contribution in [-0.4, -0.2) is 41.6 Å². The number of hydrogen-bond donors (Lipinski definition) is 1. The summed E-state index contributed by atoms with van der Waals surface area (Å²) >= 11 is 0. The van der Waals surface area contributed by atoms with Gasteiger partial charge in [0.25, 0.3) is 5.91 Å². The van der Waals surface area contributed by atoms with Crippen molar-refractivity contribution in [3.63, 3.8) is 0 Å². The summed E-state index contributed by atoms with van der Waals surface area (Å²) in [6.07, 6.45) is 3.45. The van der Waals surface area contributed by atoms with Crippen molar-refractivity contribution >= 4 is 29.2 Å². The molecule has 4 nitrogen and oxygen atoms in total. The van der Waals surface area contributed by atoms with Gasteiger partial charge in [0.1, 0.15) is 5.69 Å². The normalized spacial score (nSPS) is 13.7. The van der Waals surface area contributed by atoms with E-state index in [1.54, 1.807) is 0 Å². The molecule has 36 heavy (non-hydrogen) atoms. The zero-order chi connectivity index (χ0) is 24.0. The number of amides is 1. The van der Waals surface area contributed by atoms with Gasteiger partial charge in [0, 0.05) is 42.0 Å². The van der Waals surface area contributed by atoms with Crippen molar-refractivity contribution in [3.05, 3.63) is 107 Å². The van der Waals surface area contributed by atoms with Crippen molar-refractivity contribution in [2.45, 2.75) is 38.6 Å². The second-order valence-electron chi connectivity index (χ2n) is 9.49. The molecule has 0 atom stereocenters. The van der Waals surface area contributed by atoms with E-state index in [4.69, 9.17) is 0 Å². The van der Waals surface area contributed by atoms with E-state index in [2.05, 4.69) is 107 Å². The highest BCUT2D eigenvalue weighted by Gasteiger charge is 2.30. The van der Waals surface area contributed by atoms with Gasteiger partial charge in [0.2, 0.25) is 0 Å². The fourth-order valence-corrected chi connectivity index (χ4v) is 5.49. The fourth-order valence-electron chi connectivity index (χ4n) is 5.49. The molecule has 1 aromatic heterocycles. The van der Waals surface area contributed by atoms with Crippen LogP contribution >= 0.6 is 12.4 Å². The van der Waals surface area contributed by atoms with E-state index >= 15 is 0 Å². The number of carbonyl (C=O) groups excluding carboxylic acids is 1. The lowest BCUT2D eigenvalue weighted by molar-refractivity contribution is 0.0943. The highest BCUT2D eigenvalue weighted by Crippen LogP contribution is 2.40. The van der Waals surface area contributed by atoms with Crippen molar-refractivity contribution in [2.75, 3.05) is 26.2 Å². The van der Waals surface area contributed by atoms with Gasteiger partial charge in [-0.2, -0.15) is 0 Å². The molecule has 0 bridgehead atoms. The number of carbonyl (C=O) groups is 1. The monoisotopic (exact) mass is 501 g/mol. The highest BCUT2D eigenvalue weighted by molar-refractivity contribution is 6.02. The molecular weight excluding hydrogens is 466 g/mol. The van der Waals surface area contributed by atoms with Crippen molar-refractivity contribution in [1.29, 1.82) is 0 Å². The van der Waals surface area contributed by atoms with Gasteiger partial charge in [-0.05, 0) is 49.5 Å². The lowest BCUT2D eigenvalue weighted by Gasteiger charge is -2.22. The molecule has 1 amide bonds. The van der Waals surface area contributed by atoms with Gasteiger partial charge in [0.15, 0.2) is 0 Å². The molecule has 188 valence electrons. The number of nitrogens with one attached hydrogen (secondary N) is 1. The maximum Gasteiger partial charge on any atom is 0.268 e. The number of benzene rings is 3. The third-order valence-electron chi connectivity index (χ3n) is 7.15. The van der Waals surface area contributed by atoms with E-state index in [1.807, 2.05) is 0 Å². The number of nitrogens with zero attached hydrogens (tertiary/aromatic N) is 2. The molecular formula is C31H36ClN3O. The Morgan fingerprint density at radius 3 is 2.03 bits per heavy atom. The van der Waals surface area contributed by atoms with E-state index in [1.165, 1.54) is 24.0 Å². The predicted molar refractivity (Wildman–Crippen MR) is 151 cm³/mol. The fraction of sp³-hybridized carbons (Fsp3) is 0.323. The Labute approximate surface area is 220 Å². The van der Waals surface area contributed by atoms with Crippen LogP contribution in [0.15, 0.2) is 84.9 Å². The van der Waals surface area contributed by atoms with Crippen LogP contribution in [0.25, 0.3) is 10.9 Å². The summed E-state index contributed by atoms with van der Waals surface area (Å²) < 4.78 is 2.28. The minimum absolute atomic E-state index is 0. The first-order valence-electron chi connectivity index (χ1n) is 13.0. The molecule has 2 heterocycles. The Balaban J connectivity index is 0.00000304. The van der Waals surface area contributed by atoms with Crippen LogP contribution in [0.2, 0.25) is 0 Å². The molecule has 0 aliphatic carbocycles. The quantitative estimate of drug-likeness (QED) is 0.285. The van der Waals surface area contributed by atoms with Crippen LogP contribution in [0, 0.1) is 0 Å². The zero-order valence-electron chi connectivity index (χ0n) is 21.0. The molecule has 0 radical (unpaired) electrons. The summed E-state index contributed by atoms with van der Waals surface area (Å²) in [6, 6.07) is 29.8. The molecule has 0 saturated carbocycles. The van der Waals surface area contributed by atoms with Gasteiger partial charge in [-0.25, -0.2) is 0 Å². The molecule has 4 aromatic rings. The first-order chi connectivity index (χ1) is 17.3. The maximum atomic E-state index is 13.8. The predicted octanol–water partition coefficient (Wildman–Crippen LogP) is 6.48. The van der Waals surface area contributed by atoms with Gasteiger partial charge >= 0.3 is 0 Å². The molecule has 3 aromatic carbocycles. The second-order valence-corrected chi connectivity index (χ2v) is 9.49. The standard InChI is InChI=1S/C31H35N3O.ClH/c1-2-19-32-31(35)30-29(28(24-13-5-3-6-14-24)25-15-7-4-8-16-25)26-17-9-10-18-27(26)34(30)23-22-33-20-11-12-21-33;/h3-10,13-18,28H,2,11-12,19-23H2,1H3,(H,32,35);1H. The van der Waals surface area contributed by atoms with Crippen LogP contribution in [-0.2, 0) is 6.54 Å². The molecule has 1 aliphatic rings. The van der Waals surface area contributed by atoms with Crippen LogP contribution in [0.5, 0.6) is 0 Å². The summed E-state index contributed by atoms with van der Waals surface area (Å²) in [6.45, 7) is 6.85. The molecule has 1 saturated heterocycles. The maximum absolute atomic E-state index is 13.8. The number of aromatic nitrogens is 1. The van der Waals surface area contributed by atoms with Gasteiger partial charge in [0.05, 0.1) is 0 Å². The highest BCUT2D eigenvalue weighted by atomic mass is 35.5. The third kappa shape index (κ3) is 5.35. The van der Waals surface area contributed by atoms with E-state index in [-0.39, 0.29) is 24.2 Å². The van der Waals surface area contributed by atoms with Crippen molar-refractivity contribution in [2.24, 2.45) is 0 Å². The Kier molecular flexibility index (Phi) is 8.84. The van der Waals surface area contributed by atoms with Gasteiger partial charge in [-0.1, -0.05) is 85.8 Å². The number of para-hydroxylation sites is 1. The van der Waals surface area contributed by atoms with Crippen LogP contribution in [0.4, 0.5) is 0 Å². The summed E-state index contributed by atoms with van der Waals surface area (Å²) in [5.41, 5.74) is 5.45. The van der Waals surface area contributed by atoms with E-state index < -0.39 is 0 Å². The smallest absolute Gasteiger partial charge is 0.268 e. The Morgan fingerprint density at radius 2 is 1.42 bits per heavy atom. The molecule has 1 fully saturated rings. The number of likely N-dealkylation sites (tertiary alicyclic amines) is 1. The van der Waals surface area contributed by atoms with Crippen molar-refractivity contribution in [1.82, 2.24) is 14.8 Å². The van der Waals surface area contributed by atoms with Crippen molar-refractivity contribution < 1.29 is 4.79 Å². The summed E-state index contributed by atoms with van der Waals surface area (Å²) in [5, 5.41) is 4.36. The average molecular weight is 502 g/mol. The molecule has 0 unspecified atom stereocenters. The van der Waals surface area contributed by atoms with E-state index in [0.29, 0.717) is 6.54 Å². The van der Waals surface area contributed by atoms with Gasteiger partial charge in [-0.15, -0.1) is 12.4 Å². The Hall–Kier alpha value is -3.08. The summed E-state index contributed by atoms with van der Waals surface area (Å²) in [7, 11) is 0. The molecule has 1 N–H and O–H groups in total. The molecule has 1 aliphatic heterocycles. The number of hydrogen-bond acceptors (Lipinski definition) is 2. The summed E-state index contributed by atoms with van der Waals surface area (Å²) in [5.74, 6) is -0.00551. The topological polar surface area (TPSA) is 37.3 Å². The van der Waals surface area contributed by atoms with Crippen LogP contribution in [0.3, 0.4) is 0 Å². The molecule has 0 spiro atoms. The molecule has 5 rings (SSSR count). The van der Waals surface area contributed by atoms with E-state index in [0.717, 1.165) is 54.8 Å². The lowest BCUT2D eigenvalue weighted by atomic mass is 9.83. The van der Waals surface area contributed by atoms with Gasteiger partial charge < -0.3 is 14.8 Å². The first kappa shape index (κ1) is 26.0. The molecule has 5 heteroatoms. The Bertz CT molecular complexity index is 1220. The third-order valence-corrected chi connectivity index (χ3v) is 7.15. The second kappa shape index (κ2) is 12.2. The average Bonchev–Trinajstić information content (AvgIpc) is 3.54. The first-order valence-corrected chi connectivity index (χ1v) is 13.0. The van der Waals surface area contributed by atoms with Crippen LogP contribution < -0.4 is 5.32 Å². The SMILES string of the molecule is CCCNC(=O)c1c(C(c2ccccc2)c2ccccc2)c2ccccc2n1CCN1CCCC1.Cl. The number of rotatable bonds is 9. The lowest BCUT2D eigenvalue weighted by Crippen LogP contribution is -2.30. The number of fused-ring (bicyclic) bond motifs is 1. The summed E-state index contributed by atoms with van der Waals surface area (Å²) in [4.78, 5) is 16.4. The minimum Gasteiger partial charge on any atom is -0.351 e. The van der Waals surface area contributed by atoms with Crippen LogP contribution in [0.1, 0.15) is 59.3 Å². The zero-order valence-corrected chi connectivity index (χ0v) is 21.8. The minimum atomic E-state index is -0.0299. The van der Waals surface area contributed by atoms with Gasteiger partial charge in [-0.3, -0.25) is 4.79 Å². The number of halogens is 1. The largest absolute Gasteiger partial charge is 0.351 e. The van der Waals surface area contributed by atoms with E-state index in [9.17, 15) is 4.79 Å².